The lowest BCUT2D eigenvalue weighted by Crippen LogP contribution is -2.71. The Labute approximate surface area is 748 Å². The molecule has 4 amide bonds. The molecule has 0 bridgehead atoms. The van der Waals surface area contributed by atoms with Crippen LogP contribution in [-0.4, -0.2) is 569 Å². The number of hydrogen-bond donors (Lipinski definition) is 33. The summed E-state index contributed by atoms with van der Waals surface area (Å²) < 4.78 is 127. The van der Waals surface area contributed by atoms with Gasteiger partial charge in [0.1, 0.15) is 256 Å². The molecule has 58 nitrogen and oxygen atoms in total. The van der Waals surface area contributed by atoms with Crippen LogP contribution in [0.1, 0.15) is 41.5 Å². The van der Waals surface area contributed by atoms with Gasteiger partial charge in [0.15, 0.2) is 69.2 Å². The Balaban J connectivity index is 0.970. The van der Waals surface area contributed by atoms with Crippen LogP contribution in [0.25, 0.3) is 0 Å². The summed E-state index contributed by atoms with van der Waals surface area (Å²) in [5, 5.41) is 336. The number of ether oxygens (including phenoxy) is 21. The van der Waals surface area contributed by atoms with Crippen molar-refractivity contribution in [2.45, 2.75) is 379 Å². The van der Waals surface area contributed by atoms with Crippen LogP contribution in [0, 0.1) is 0 Å². The van der Waals surface area contributed by atoms with Crippen molar-refractivity contribution in [2.24, 2.45) is 0 Å². The van der Waals surface area contributed by atoms with Crippen molar-refractivity contribution >= 4 is 23.6 Å². The Morgan fingerprint density at radius 2 is 0.470 bits per heavy atom. The normalized spacial score (nSPS) is 50.4. The van der Waals surface area contributed by atoms with Gasteiger partial charge in [0.2, 0.25) is 23.6 Å². The summed E-state index contributed by atoms with van der Waals surface area (Å²) in [7, 11) is 0. The number of hydrogen-bond acceptors (Lipinski definition) is 54. The van der Waals surface area contributed by atoms with Gasteiger partial charge < -0.3 is 269 Å². The van der Waals surface area contributed by atoms with Crippen LogP contribution in [0.2, 0.25) is 0 Å². The number of nitrogens with one attached hydrogen (secondary N) is 4. The molecule has 0 aliphatic carbocycles. The van der Waals surface area contributed by atoms with Crippen molar-refractivity contribution < 1.29 is 267 Å². The van der Waals surface area contributed by atoms with Crippen LogP contribution in [0.4, 0.5) is 0 Å². The fourth-order valence-electron chi connectivity index (χ4n) is 17.3. The first kappa shape index (κ1) is 108. The Morgan fingerprint density at radius 3 is 0.864 bits per heavy atom. The van der Waals surface area contributed by atoms with E-state index >= 15 is 0 Å². The minimum atomic E-state index is -2.69. The number of amides is 4. The number of rotatable bonds is 33. The van der Waals surface area contributed by atoms with Crippen molar-refractivity contribution in [3.8, 4) is 0 Å². The van der Waals surface area contributed by atoms with E-state index in [1.54, 1.807) is 0 Å². The molecule has 0 aromatic carbocycles. The van der Waals surface area contributed by atoms with E-state index in [2.05, 4.69) is 21.3 Å². The van der Waals surface area contributed by atoms with Gasteiger partial charge in [-0.25, -0.2) is 0 Å². The Hall–Kier alpha value is -4.12. The molecule has 11 rings (SSSR count). The lowest BCUT2D eigenvalue weighted by Gasteiger charge is -2.52. The highest BCUT2D eigenvalue weighted by molar-refractivity contribution is 5.74. The number of carbonyl (C=O) groups is 4. The lowest BCUT2D eigenvalue weighted by atomic mass is 9.93. The van der Waals surface area contributed by atoms with Crippen molar-refractivity contribution in [1.82, 2.24) is 21.3 Å². The number of aliphatic hydroxyl groups is 29. The molecule has 764 valence electrons. The van der Waals surface area contributed by atoms with Crippen LogP contribution in [0.3, 0.4) is 0 Å². The standard InChI is InChI=1S/C74H124N4O54/c1-16-35(91)44(100)50(106)68(113-16)128-59-33(77-20(5)89)66(121-28(13-85)57(59)126-70-52(108)46(102)37(93)22(7-79)116-70)131-62-48(104)39(95)24(9-81)118-73(62)112-15-30-41(97)61(54(110)72(123-30)125-56-27(12-84)120-65(32(43(56)99)76-19(4)88)124-55-26(11-83)115-64(111)31(42(55)98)75-18(3)87)130-74-63(49(105)40(96)25(10-82)119-74)132-67-34(78-21(6)90)60(129-69-51(107)45(101)36(92)17(2)114-69)58(29(14-86)122-67)127-71-53(109)47(103)38(94)23(8-80)117-71/h16-17,22-74,79-86,91-111H,7-15H2,1-6H3,(H,75,87)(H,76,88)(H,77,89)(H,78,90)/t16-,17-,22+,23+,24+,25+,26+,27+,28+,29+,30+,31+,32+,33+,34+,35+,36+,37-,38-,39+,40+,41+,42+,43+,44+,45+,46-,47-,48-,49-,50-,51-,52+,53+,54-,55+,56+,57+,58+,59+,60+,61-,62-,63-,64-,65-,66-,67-,68-,69-,70-,71-,72-,73-,74+/m0/s1. The van der Waals surface area contributed by atoms with Crippen LogP contribution in [0.15, 0.2) is 0 Å². The van der Waals surface area contributed by atoms with E-state index in [1.165, 1.54) is 13.8 Å². The van der Waals surface area contributed by atoms with E-state index in [9.17, 15) is 167 Å². The summed E-state index contributed by atoms with van der Waals surface area (Å²) in [4.78, 5) is 52.6. The first-order chi connectivity index (χ1) is 62.4. The molecule has 11 aliphatic rings. The molecule has 0 aromatic rings. The minimum absolute atomic E-state index is 0.817. The SMILES string of the molecule is CC(=O)N[C@@H]1[C@@H](O)[C@H](O[C@@H]2O[C@H](CO)[C@@H](O[C@@H]3O[C@H](CO[C@H]4O[C@H](CO)[C@@H](O)[C@H](O)[C@@H]4O[C@@H]4O[C@H](CO)[C@@H](O[C@@H]5O[C@H](CO)[C@H](O)[C@H](O)[C@H]5O)[C@H](O[C@@H]5O[C@@H](C)[C@@H](O)[C@@H](O)[C@@H]5O)[C@H]4NC(C)=O)[C@@H](O)[C@H](O[C@H]4O[C@H](CO)[C@@H](O)[C@H](O)[C@@H]4O[C@@H]4O[C@H](CO)[C@@H](O[C@@H]5O[C@H](CO)[C@H](O)[C@H](O)[C@H]5O)[C@H](O[C@@H]5O[C@@H](C)[C@@H](O)[C@@H](O)[C@@H]5O)[C@H]4NC(C)=O)[C@@H]3O)[C@H](O)[C@H]2NC(C)=O)[C@@H](CO)O[C@@H]1O. The molecular weight excluding hydrogens is 1810 g/mol. The second-order valence-corrected chi connectivity index (χ2v) is 33.7. The molecular formula is C74H124N4O54. The van der Waals surface area contributed by atoms with Gasteiger partial charge in [-0.1, -0.05) is 0 Å². The number of carbonyl (C=O) groups excluding carboxylic acids is 4. The quantitative estimate of drug-likeness (QED) is 0.0290. The average molecular weight is 1930 g/mol. The highest BCUT2D eigenvalue weighted by Crippen LogP contribution is 2.43. The van der Waals surface area contributed by atoms with Crippen molar-refractivity contribution in [3.63, 3.8) is 0 Å². The maximum absolute atomic E-state index is 13.6. The van der Waals surface area contributed by atoms with Crippen LogP contribution >= 0.6 is 0 Å². The van der Waals surface area contributed by atoms with Gasteiger partial charge in [0.25, 0.3) is 0 Å². The smallest absolute Gasteiger partial charge is 0.217 e. The van der Waals surface area contributed by atoms with Crippen LogP contribution in [-0.2, 0) is 119 Å². The molecule has 11 heterocycles. The number of aliphatic hydroxyl groups excluding tert-OH is 29. The summed E-state index contributed by atoms with van der Waals surface area (Å²) in [6.07, 6.45) is -109. The zero-order chi connectivity index (χ0) is 97.1. The molecule has 33 N–H and O–H groups in total. The second-order valence-electron chi connectivity index (χ2n) is 33.7. The first-order valence-corrected chi connectivity index (χ1v) is 42.4. The predicted octanol–water partition coefficient (Wildman–Crippen LogP) is -22.3. The summed E-state index contributed by atoms with van der Waals surface area (Å²) in [5.74, 6) is -3.88. The van der Waals surface area contributed by atoms with Gasteiger partial charge in [-0.15, -0.1) is 0 Å². The Morgan fingerprint density at radius 1 is 0.212 bits per heavy atom. The highest BCUT2D eigenvalue weighted by atomic mass is 16.8. The molecule has 58 heteroatoms. The van der Waals surface area contributed by atoms with Gasteiger partial charge in [-0.3, -0.25) is 19.2 Å². The summed E-state index contributed by atoms with van der Waals surface area (Å²) in [5.41, 5.74) is 0. The second kappa shape index (κ2) is 47.0. The Bertz CT molecular complexity index is 3610. The maximum atomic E-state index is 13.6. The van der Waals surface area contributed by atoms with Crippen molar-refractivity contribution in [1.29, 1.82) is 0 Å². The maximum Gasteiger partial charge on any atom is 0.217 e. The van der Waals surface area contributed by atoms with E-state index in [-0.39, 0.29) is 0 Å². The molecule has 0 unspecified atom stereocenters. The summed E-state index contributed by atoms with van der Waals surface area (Å²) in [6.45, 7) is -4.47. The molecule has 0 spiro atoms. The topological polar surface area (TPSA) is 897 Å². The van der Waals surface area contributed by atoms with Crippen molar-refractivity contribution in [3.05, 3.63) is 0 Å². The fourth-order valence-corrected chi connectivity index (χ4v) is 17.3. The molecule has 55 atom stereocenters. The zero-order valence-electron chi connectivity index (χ0n) is 71.3. The van der Waals surface area contributed by atoms with Gasteiger partial charge in [-0.2, -0.15) is 0 Å². The summed E-state index contributed by atoms with van der Waals surface area (Å²) >= 11 is 0. The minimum Gasteiger partial charge on any atom is -0.394 e. The van der Waals surface area contributed by atoms with E-state index in [0.717, 1.165) is 27.7 Å². The predicted molar refractivity (Wildman–Crippen MR) is 406 cm³/mol. The highest BCUT2D eigenvalue weighted by Gasteiger charge is 2.63. The molecule has 11 fully saturated rings. The molecule has 11 saturated heterocycles. The molecule has 0 aromatic heterocycles. The largest absolute Gasteiger partial charge is 0.394 e. The molecule has 11 aliphatic heterocycles. The van der Waals surface area contributed by atoms with Crippen LogP contribution in [0.5, 0.6) is 0 Å². The molecule has 0 saturated carbocycles. The summed E-state index contributed by atoms with van der Waals surface area (Å²) in [6, 6.07) is -7.84. The third-order valence-electron chi connectivity index (χ3n) is 24.5. The van der Waals surface area contributed by atoms with Gasteiger partial charge in [0.05, 0.1) is 71.7 Å². The van der Waals surface area contributed by atoms with Gasteiger partial charge >= 0.3 is 0 Å². The fraction of sp³-hybridized carbons (Fsp3) is 0.946. The van der Waals surface area contributed by atoms with E-state index in [4.69, 9.17) is 99.5 Å². The van der Waals surface area contributed by atoms with Gasteiger partial charge in [-0.05, 0) is 13.8 Å². The first-order valence-electron chi connectivity index (χ1n) is 42.4. The van der Waals surface area contributed by atoms with Crippen LogP contribution < -0.4 is 21.3 Å². The third kappa shape index (κ3) is 23.5. The monoisotopic (exact) mass is 1930 g/mol. The van der Waals surface area contributed by atoms with E-state index in [0.29, 0.717) is 0 Å². The Kier molecular flexibility index (Phi) is 38.5. The van der Waals surface area contributed by atoms with E-state index < -0.39 is 421 Å². The molecule has 0 radical (unpaired) electrons. The zero-order valence-corrected chi connectivity index (χ0v) is 71.3. The average Bonchev–Trinajstić information content (AvgIpc) is 0.761. The molecule has 132 heavy (non-hydrogen) atoms. The van der Waals surface area contributed by atoms with Gasteiger partial charge in [0, 0.05) is 27.7 Å². The lowest BCUT2D eigenvalue weighted by molar-refractivity contribution is -0.404. The van der Waals surface area contributed by atoms with Crippen molar-refractivity contribution in [2.75, 3.05) is 59.5 Å². The third-order valence-corrected chi connectivity index (χ3v) is 24.5. The van der Waals surface area contributed by atoms with E-state index in [1.807, 2.05) is 0 Å².